The lowest BCUT2D eigenvalue weighted by Gasteiger charge is -2.42. The van der Waals surface area contributed by atoms with E-state index in [-0.39, 0.29) is 11.6 Å². The van der Waals surface area contributed by atoms with Gasteiger partial charge in [0.2, 0.25) is 0 Å². The standard InChI is InChI=1S/C12H22N4O/c1-3-16-8-7-14-11(16)10(15-13)9-12(17-2)5-4-6-12/h7-8,10,15H,3-6,9,13H2,1-2H3. The molecule has 96 valence electrons. The van der Waals surface area contributed by atoms with Crippen molar-refractivity contribution in [2.24, 2.45) is 5.84 Å². The fourth-order valence-corrected chi connectivity index (χ4v) is 2.56. The van der Waals surface area contributed by atoms with Gasteiger partial charge in [-0.15, -0.1) is 0 Å². The van der Waals surface area contributed by atoms with Crippen molar-refractivity contribution in [2.45, 2.75) is 50.8 Å². The van der Waals surface area contributed by atoms with Crippen LogP contribution in [0.5, 0.6) is 0 Å². The van der Waals surface area contributed by atoms with E-state index in [2.05, 4.69) is 21.9 Å². The number of ether oxygens (including phenoxy) is 1. The summed E-state index contributed by atoms with van der Waals surface area (Å²) >= 11 is 0. The first-order chi connectivity index (χ1) is 8.24. The SMILES string of the molecule is CCn1ccnc1C(CC1(OC)CCC1)NN. The van der Waals surface area contributed by atoms with Crippen molar-refractivity contribution in [1.29, 1.82) is 0 Å². The third-order valence-corrected chi connectivity index (χ3v) is 3.88. The molecule has 5 nitrogen and oxygen atoms in total. The molecular weight excluding hydrogens is 216 g/mol. The van der Waals surface area contributed by atoms with E-state index in [9.17, 15) is 0 Å². The molecule has 1 fully saturated rings. The number of hydrogen-bond acceptors (Lipinski definition) is 4. The maximum atomic E-state index is 5.67. The molecule has 0 amide bonds. The minimum atomic E-state index is 0.00155. The van der Waals surface area contributed by atoms with Crippen molar-refractivity contribution in [2.75, 3.05) is 7.11 Å². The molecule has 2 rings (SSSR count). The first-order valence-electron chi connectivity index (χ1n) is 6.27. The van der Waals surface area contributed by atoms with Gasteiger partial charge in [-0.3, -0.25) is 5.84 Å². The van der Waals surface area contributed by atoms with Crippen LogP contribution in [0.1, 0.15) is 44.5 Å². The van der Waals surface area contributed by atoms with Crippen LogP contribution in [0.15, 0.2) is 12.4 Å². The molecule has 0 aliphatic heterocycles. The van der Waals surface area contributed by atoms with E-state index in [1.165, 1.54) is 6.42 Å². The molecule has 1 heterocycles. The van der Waals surface area contributed by atoms with Crippen LogP contribution in [0.2, 0.25) is 0 Å². The summed E-state index contributed by atoms with van der Waals surface area (Å²) in [5, 5.41) is 0. The summed E-state index contributed by atoms with van der Waals surface area (Å²) in [5.74, 6) is 6.67. The summed E-state index contributed by atoms with van der Waals surface area (Å²) in [7, 11) is 1.79. The zero-order valence-corrected chi connectivity index (χ0v) is 10.6. The molecule has 1 atom stereocenters. The average Bonchev–Trinajstić information content (AvgIpc) is 2.77. The number of aromatic nitrogens is 2. The number of rotatable bonds is 6. The first kappa shape index (κ1) is 12.5. The Hall–Kier alpha value is -0.910. The van der Waals surface area contributed by atoms with Crippen LogP contribution in [0.25, 0.3) is 0 Å². The molecule has 1 saturated carbocycles. The number of nitrogens with zero attached hydrogens (tertiary/aromatic N) is 2. The second kappa shape index (κ2) is 5.16. The minimum absolute atomic E-state index is 0.00155. The number of hydrazine groups is 1. The molecule has 0 radical (unpaired) electrons. The maximum Gasteiger partial charge on any atom is 0.127 e. The predicted molar refractivity (Wildman–Crippen MR) is 66.2 cm³/mol. The first-order valence-corrected chi connectivity index (χ1v) is 6.27. The van der Waals surface area contributed by atoms with Gasteiger partial charge in [0.1, 0.15) is 5.82 Å². The monoisotopic (exact) mass is 238 g/mol. The molecule has 1 aliphatic carbocycles. The Balaban J connectivity index is 2.11. The average molecular weight is 238 g/mol. The predicted octanol–water partition coefficient (Wildman–Crippen LogP) is 1.37. The fourth-order valence-electron chi connectivity index (χ4n) is 2.56. The third-order valence-electron chi connectivity index (χ3n) is 3.88. The van der Waals surface area contributed by atoms with Gasteiger partial charge in [-0.05, 0) is 26.2 Å². The highest BCUT2D eigenvalue weighted by atomic mass is 16.5. The Morgan fingerprint density at radius 2 is 2.41 bits per heavy atom. The zero-order valence-electron chi connectivity index (χ0n) is 10.6. The van der Waals surface area contributed by atoms with Crippen LogP contribution in [0, 0.1) is 0 Å². The second-order valence-corrected chi connectivity index (χ2v) is 4.74. The van der Waals surface area contributed by atoms with Gasteiger partial charge in [-0.1, -0.05) is 0 Å². The minimum Gasteiger partial charge on any atom is -0.378 e. The van der Waals surface area contributed by atoms with E-state index in [4.69, 9.17) is 10.6 Å². The number of nitrogens with two attached hydrogens (primary N) is 1. The van der Waals surface area contributed by atoms with Crippen molar-refractivity contribution in [1.82, 2.24) is 15.0 Å². The molecule has 1 aliphatic rings. The van der Waals surface area contributed by atoms with Crippen LogP contribution >= 0.6 is 0 Å². The van der Waals surface area contributed by atoms with Gasteiger partial charge >= 0.3 is 0 Å². The van der Waals surface area contributed by atoms with E-state index in [1.807, 2.05) is 12.4 Å². The van der Waals surface area contributed by atoms with E-state index < -0.39 is 0 Å². The molecule has 1 aromatic heterocycles. The summed E-state index contributed by atoms with van der Waals surface area (Å²) in [6, 6.07) is 0.0604. The largest absolute Gasteiger partial charge is 0.378 e. The van der Waals surface area contributed by atoms with Gasteiger partial charge in [0.05, 0.1) is 11.6 Å². The Morgan fingerprint density at radius 3 is 2.88 bits per heavy atom. The van der Waals surface area contributed by atoms with Crippen LogP contribution in [-0.4, -0.2) is 22.3 Å². The molecule has 17 heavy (non-hydrogen) atoms. The summed E-state index contributed by atoms with van der Waals surface area (Å²) in [6.07, 6.45) is 8.18. The third kappa shape index (κ3) is 2.36. The maximum absolute atomic E-state index is 5.67. The Labute approximate surface area is 102 Å². The van der Waals surface area contributed by atoms with Crippen LogP contribution < -0.4 is 11.3 Å². The summed E-state index contributed by atoms with van der Waals surface area (Å²) in [6.45, 7) is 3.02. The number of imidazole rings is 1. The molecule has 1 unspecified atom stereocenters. The zero-order chi connectivity index (χ0) is 12.3. The molecule has 1 aromatic rings. The van der Waals surface area contributed by atoms with Crippen molar-refractivity contribution >= 4 is 0 Å². The van der Waals surface area contributed by atoms with Crippen LogP contribution in [0.4, 0.5) is 0 Å². The van der Waals surface area contributed by atoms with Gasteiger partial charge in [0.25, 0.3) is 0 Å². The Morgan fingerprint density at radius 1 is 1.65 bits per heavy atom. The summed E-state index contributed by atoms with van der Waals surface area (Å²) in [5.41, 5.74) is 2.88. The molecular formula is C12H22N4O. The lowest BCUT2D eigenvalue weighted by atomic mass is 9.75. The highest BCUT2D eigenvalue weighted by Gasteiger charge is 2.40. The van der Waals surface area contributed by atoms with Gasteiger partial charge in [0.15, 0.2) is 0 Å². The highest BCUT2D eigenvalue weighted by molar-refractivity contribution is 5.03. The fraction of sp³-hybridized carbons (Fsp3) is 0.750. The normalized spacial score (nSPS) is 19.9. The smallest absolute Gasteiger partial charge is 0.127 e. The molecule has 0 spiro atoms. The highest BCUT2D eigenvalue weighted by Crippen LogP contribution is 2.41. The van der Waals surface area contributed by atoms with E-state index in [0.717, 1.165) is 31.6 Å². The number of hydrogen-bond donors (Lipinski definition) is 2. The van der Waals surface area contributed by atoms with Crippen molar-refractivity contribution < 1.29 is 4.74 Å². The van der Waals surface area contributed by atoms with Gasteiger partial charge < -0.3 is 9.30 Å². The quantitative estimate of drug-likeness (QED) is 0.580. The van der Waals surface area contributed by atoms with Crippen molar-refractivity contribution in [3.05, 3.63) is 18.2 Å². The van der Waals surface area contributed by atoms with Gasteiger partial charge in [-0.2, -0.15) is 0 Å². The lowest BCUT2D eigenvalue weighted by molar-refractivity contribution is -0.0845. The van der Waals surface area contributed by atoms with E-state index >= 15 is 0 Å². The van der Waals surface area contributed by atoms with Gasteiger partial charge in [0, 0.05) is 32.5 Å². The van der Waals surface area contributed by atoms with Crippen molar-refractivity contribution in [3.8, 4) is 0 Å². The number of methoxy groups -OCH3 is 1. The Kier molecular flexibility index (Phi) is 3.81. The molecule has 0 aromatic carbocycles. The lowest BCUT2D eigenvalue weighted by Crippen LogP contribution is -2.44. The van der Waals surface area contributed by atoms with Crippen LogP contribution in [0.3, 0.4) is 0 Å². The molecule has 3 N–H and O–H groups in total. The van der Waals surface area contributed by atoms with Crippen LogP contribution in [-0.2, 0) is 11.3 Å². The van der Waals surface area contributed by atoms with E-state index in [1.54, 1.807) is 7.11 Å². The molecule has 5 heteroatoms. The summed E-state index contributed by atoms with van der Waals surface area (Å²) in [4.78, 5) is 4.40. The second-order valence-electron chi connectivity index (χ2n) is 4.74. The number of nitrogens with one attached hydrogen (secondary N) is 1. The van der Waals surface area contributed by atoms with Crippen molar-refractivity contribution in [3.63, 3.8) is 0 Å². The molecule has 0 saturated heterocycles. The summed E-state index contributed by atoms with van der Waals surface area (Å²) < 4.78 is 7.76. The Bertz CT molecular complexity index is 354. The number of aryl methyl sites for hydroxylation is 1. The van der Waals surface area contributed by atoms with E-state index in [0.29, 0.717) is 0 Å². The molecule has 0 bridgehead atoms. The van der Waals surface area contributed by atoms with Gasteiger partial charge in [-0.25, -0.2) is 10.4 Å². The topological polar surface area (TPSA) is 65.1 Å².